The summed E-state index contributed by atoms with van der Waals surface area (Å²) in [6.45, 7) is 8.86. The van der Waals surface area contributed by atoms with Crippen LogP contribution in [0.4, 0.5) is 0 Å². The van der Waals surface area contributed by atoms with Gasteiger partial charge >= 0.3 is 5.97 Å². The first-order valence-corrected chi connectivity index (χ1v) is 9.93. The molecule has 1 aromatic carbocycles. The van der Waals surface area contributed by atoms with E-state index >= 15 is 0 Å². The van der Waals surface area contributed by atoms with Crippen molar-refractivity contribution < 1.29 is 19.4 Å². The molecule has 0 aromatic heterocycles. The summed E-state index contributed by atoms with van der Waals surface area (Å²) in [4.78, 5) is 27.1. The van der Waals surface area contributed by atoms with Crippen LogP contribution in [0.2, 0.25) is 0 Å². The predicted molar refractivity (Wildman–Crippen MR) is 109 cm³/mol. The quantitative estimate of drug-likeness (QED) is 0.745. The van der Waals surface area contributed by atoms with Crippen molar-refractivity contribution in [1.29, 1.82) is 0 Å². The molecule has 28 heavy (non-hydrogen) atoms. The van der Waals surface area contributed by atoms with Crippen molar-refractivity contribution in [3.05, 3.63) is 29.8 Å². The number of carboxylic acid groups (broad SMARTS) is 1. The summed E-state index contributed by atoms with van der Waals surface area (Å²) in [6.07, 6.45) is 1.61. The number of amides is 1. The third-order valence-electron chi connectivity index (χ3n) is 5.98. The number of carbonyl (C=O) groups excluding carboxylic acids is 1. The summed E-state index contributed by atoms with van der Waals surface area (Å²) in [6, 6.07) is 7.25. The fraction of sp³-hybridized carbons (Fsp3) is 0.636. The zero-order chi connectivity index (χ0) is 21.1. The highest BCUT2D eigenvalue weighted by Gasteiger charge is 2.56. The van der Waals surface area contributed by atoms with E-state index in [2.05, 4.69) is 26.1 Å². The Morgan fingerprint density at radius 1 is 1.29 bits per heavy atom. The number of methoxy groups -OCH3 is 1. The summed E-state index contributed by atoms with van der Waals surface area (Å²) in [5.74, 6) is -0.639. The third kappa shape index (κ3) is 4.49. The van der Waals surface area contributed by atoms with Crippen LogP contribution in [-0.2, 0) is 9.59 Å². The van der Waals surface area contributed by atoms with E-state index in [-0.39, 0.29) is 17.4 Å². The van der Waals surface area contributed by atoms with Gasteiger partial charge in [-0.3, -0.25) is 14.5 Å². The number of hydrogen-bond donors (Lipinski definition) is 2. The molecule has 1 fully saturated rings. The van der Waals surface area contributed by atoms with Crippen molar-refractivity contribution in [1.82, 2.24) is 10.2 Å². The number of likely N-dealkylation sites (N-methyl/N-ethyl adjacent to an activating group) is 1. The van der Waals surface area contributed by atoms with Gasteiger partial charge in [-0.05, 0) is 49.4 Å². The van der Waals surface area contributed by atoms with E-state index in [9.17, 15) is 14.7 Å². The van der Waals surface area contributed by atoms with Gasteiger partial charge in [-0.15, -0.1) is 0 Å². The molecular formula is C22H34N2O4. The van der Waals surface area contributed by atoms with Gasteiger partial charge in [0.25, 0.3) is 0 Å². The standard InChI is InChI=1S/C22H34N2O4/c1-7-22(20(26)27)14-17(19(25)23-13-12-21(2,3)4)18(24(22)5)15-8-10-16(28-6)11-9-15/h8-11,17-18H,7,12-14H2,1-6H3,(H,23,25)(H,26,27)/t17-,18-,22-/m1/s1. The molecule has 0 radical (unpaired) electrons. The Balaban J connectivity index is 2.32. The topological polar surface area (TPSA) is 78.9 Å². The molecule has 2 rings (SSSR count). The van der Waals surface area contributed by atoms with Crippen molar-refractivity contribution >= 4 is 11.9 Å². The lowest BCUT2D eigenvalue weighted by Gasteiger charge is -2.34. The number of ether oxygens (including phenoxy) is 1. The maximum Gasteiger partial charge on any atom is 0.324 e. The highest BCUT2D eigenvalue weighted by atomic mass is 16.5. The van der Waals surface area contributed by atoms with Crippen LogP contribution < -0.4 is 10.1 Å². The molecule has 1 heterocycles. The number of carboxylic acids is 1. The fourth-order valence-electron chi connectivity index (χ4n) is 4.12. The van der Waals surface area contributed by atoms with E-state index in [0.29, 0.717) is 19.4 Å². The van der Waals surface area contributed by atoms with Crippen molar-refractivity contribution in [3.8, 4) is 5.75 Å². The summed E-state index contributed by atoms with van der Waals surface area (Å²) in [7, 11) is 3.42. The Morgan fingerprint density at radius 2 is 1.89 bits per heavy atom. The molecule has 0 bridgehead atoms. The first-order chi connectivity index (χ1) is 13.1. The Labute approximate surface area is 168 Å². The highest BCUT2D eigenvalue weighted by molar-refractivity contribution is 5.85. The van der Waals surface area contributed by atoms with Crippen LogP contribution in [-0.4, -0.2) is 48.1 Å². The van der Waals surface area contributed by atoms with Gasteiger partial charge in [0.05, 0.1) is 13.0 Å². The summed E-state index contributed by atoms with van der Waals surface area (Å²) in [5.41, 5.74) is 0.0100. The molecular weight excluding hydrogens is 356 g/mol. The highest BCUT2D eigenvalue weighted by Crippen LogP contribution is 2.47. The molecule has 1 aliphatic rings. The summed E-state index contributed by atoms with van der Waals surface area (Å²) in [5, 5.41) is 13.0. The molecule has 1 aliphatic heterocycles. The van der Waals surface area contributed by atoms with Crippen LogP contribution in [0.3, 0.4) is 0 Å². The second-order valence-electron chi connectivity index (χ2n) is 8.93. The molecule has 6 nitrogen and oxygen atoms in total. The molecule has 0 aliphatic carbocycles. The zero-order valence-electron chi connectivity index (χ0n) is 17.9. The number of carbonyl (C=O) groups is 2. The maximum atomic E-state index is 13.1. The van der Waals surface area contributed by atoms with E-state index in [4.69, 9.17) is 4.74 Å². The van der Waals surface area contributed by atoms with Gasteiger partial charge in [0.1, 0.15) is 11.3 Å². The molecule has 0 unspecified atom stereocenters. The molecule has 1 amide bonds. The van der Waals surface area contributed by atoms with Crippen molar-refractivity contribution in [2.24, 2.45) is 11.3 Å². The molecule has 0 spiro atoms. The van der Waals surface area contributed by atoms with E-state index in [1.807, 2.05) is 43.1 Å². The van der Waals surface area contributed by atoms with Crippen LogP contribution >= 0.6 is 0 Å². The van der Waals surface area contributed by atoms with Crippen LogP contribution in [0, 0.1) is 11.3 Å². The Morgan fingerprint density at radius 3 is 2.36 bits per heavy atom. The zero-order valence-corrected chi connectivity index (χ0v) is 17.9. The van der Waals surface area contributed by atoms with Crippen LogP contribution in [0.1, 0.15) is 58.6 Å². The first-order valence-electron chi connectivity index (χ1n) is 9.93. The summed E-state index contributed by atoms with van der Waals surface area (Å²) < 4.78 is 5.23. The maximum absolute atomic E-state index is 13.1. The van der Waals surface area contributed by atoms with Gasteiger partial charge in [-0.2, -0.15) is 0 Å². The predicted octanol–water partition coefficient (Wildman–Crippen LogP) is 3.47. The number of hydrogen-bond acceptors (Lipinski definition) is 4. The van der Waals surface area contributed by atoms with Crippen LogP contribution in [0.5, 0.6) is 5.75 Å². The van der Waals surface area contributed by atoms with E-state index in [1.54, 1.807) is 7.11 Å². The molecule has 6 heteroatoms. The minimum Gasteiger partial charge on any atom is -0.497 e. The number of aliphatic carboxylic acids is 1. The van der Waals surface area contributed by atoms with Gasteiger partial charge in [-0.1, -0.05) is 39.8 Å². The fourth-order valence-corrected chi connectivity index (χ4v) is 4.12. The first kappa shape index (κ1) is 22.2. The average molecular weight is 391 g/mol. The Bertz CT molecular complexity index is 695. The monoisotopic (exact) mass is 390 g/mol. The van der Waals surface area contributed by atoms with Gasteiger partial charge in [-0.25, -0.2) is 0 Å². The molecule has 2 N–H and O–H groups in total. The lowest BCUT2D eigenvalue weighted by atomic mass is 9.86. The van der Waals surface area contributed by atoms with Crippen LogP contribution in [0.15, 0.2) is 24.3 Å². The molecule has 0 saturated carbocycles. The van der Waals surface area contributed by atoms with Crippen molar-refractivity contribution in [2.45, 2.75) is 58.5 Å². The molecule has 1 saturated heterocycles. The smallest absolute Gasteiger partial charge is 0.324 e. The number of benzene rings is 1. The van der Waals surface area contributed by atoms with Crippen molar-refractivity contribution in [3.63, 3.8) is 0 Å². The lowest BCUT2D eigenvalue weighted by molar-refractivity contribution is -0.150. The van der Waals surface area contributed by atoms with E-state index in [1.165, 1.54) is 0 Å². The largest absolute Gasteiger partial charge is 0.497 e. The van der Waals surface area contributed by atoms with Gasteiger partial charge < -0.3 is 15.2 Å². The normalized spacial score (nSPS) is 25.5. The van der Waals surface area contributed by atoms with Crippen LogP contribution in [0.25, 0.3) is 0 Å². The van der Waals surface area contributed by atoms with Crippen molar-refractivity contribution in [2.75, 3.05) is 20.7 Å². The molecule has 3 atom stereocenters. The van der Waals surface area contributed by atoms with Gasteiger partial charge in [0.2, 0.25) is 5.91 Å². The third-order valence-corrected chi connectivity index (χ3v) is 5.98. The van der Waals surface area contributed by atoms with E-state index in [0.717, 1.165) is 17.7 Å². The SMILES string of the molecule is CC[C@]1(C(=O)O)C[C@@H](C(=O)NCCC(C)(C)C)[C@@H](c2ccc(OC)cc2)N1C. The lowest BCUT2D eigenvalue weighted by Crippen LogP contribution is -2.48. The second kappa shape index (κ2) is 8.52. The average Bonchev–Trinajstić information content (AvgIpc) is 2.94. The Kier molecular flexibility index (Phi) is 6.75. The van der Waals surface area contributed by atoms with E-state index < -0.39 is 17.4 Å². The summed E-state index contributed by atoms with van der Waals surface area (Å²) >= 11 is 0. The molecule has 156 valence electrons. The number of nitrogens with zero attached hydrogens (tertiary/aromatic N) is 1. The number of nitrogens with one attached hydrogen (secondary N) is 1. The second-order valence-corrected chi connectivity index (χ2v) is 8.93. The number of likely N-dealkylation sites (tertiary alicyclic amines) is 1. The van der Waals surface area contributed by atoms with Gasteiger partial charge in [0.15, 0.2) is 0 Å². The van der Waals surface area contributed by atoms with Gasteiger partial charge in [0, 0.05) is 12.6 Å². The minimum atomic E-state index is -1.05. The number of rotatable bonds is 7. The molecule has 1 aromatic rings. The Hall–Kier alpha value is -2.08. The minimum absolute atomic E-state index is 0.0755.